The molecule has 1 heterocycles. The van der Waals surface area contributed by atoms with Crippen LogP contribution in [-0.4, -0.2) is 54.9 Å². The van der Waals surface area contributed by atoms with Crippen molar-refractivity contribution < 1.29 is 14.7 Å². The summed E-state index contributed by atoms with van der Waals surface area (Å²) in [6, 6.07) is 19.8. The summed E-state index contributed by atoms with van der Waals surface area (Å²) < 4.78 is 0. The number of aromatic hydroxyl groups is 1. The summed E-state index contributed by atoms with van der Waals surface area (Å²) in [5.74, 6) is -0.464. The van der Waals surface area contributed by atoms with E-state index in [9.17, 15) is 14.7 Å². The van der Waals surface area contributed by atoms with Gasteiger partial charge in [0, 0.05) is 42.9 Å². The number of amides is 1. The van der Waals surface area contributed by atoms with Crippen LogP contribution in [0.2, 0.25) is 0 Å². The van der Waals surface area contributed by atoms with Crippen LogP contribution >= 0.6 is 0 Å². The zero-order valence-corrected chi connectivity index (χ0v) is 19.8. The van der Waals surface area contributed by atoms with Crippen LogP contribution in [0, 0.1) is 6.92 Å². The molecule has 2 N–H and O–H groups in total. The molecule has 0 radical (unpaired) electrons. The van der Waals surface area contributed by atoms with E-state index in [1.165, 1.54) is 6.07 Å². The Morgan fingerprint density at radius 2 is 1.59 bits per heavy atom. The smallest absolute Gasteiger partial charge is 0.255 e. The number of benzene rings is 3. The van der Waals surface area contributed by atoms with Gasteiger partial charge in [-0.25, -0.2) is 0 Å². The Hall–Kier alpha value is -3.64. The van der Waals surface area contributed by atoms with E-state index in [0.717, 1.165) is 43.9 Å². The molecule has 1 aliphatic rings. The summed E-state index contributed by atoms with van der Waals surface area (Å²) >= 11 is 0. The van der Waals surface area contributed by atoms with E-state index in [2.05, 4.69) is 22.2 Å². The first-order valence-corrected chi connectivity index (χ1v) is 11.7. The molecule has 1 aliphatic heterocycles. The van der Waals surface area contributed by atoms with Crippen LogP contribution < -0.4 is 10.2 Å². The largest absolute Gasteiger partial charge is 0.506 e. The second-order valence-electron chi connectivity index (χ2n) is 8.92. The first kappa shape index (κ1) is 23.5. The molecule has 0 saturated carbocycles. The number of para-hydroxylation sites is 1. The number of nitrogens with one attached hydrogen (secondary N) is 1. The SMILES string of the molecule is Cc1ccc(C(=O)Cc2cccc(O)c2NC(=O)c2ccc(N3CCCN(C)CC3)cc2)cc1. The Kier molecular flexibility index (Phi) is 7.28. The van der Waals surface area contributed by atoms with Crippen molar-refractivity contribution in [3.05, 3.63) is 89.0 Å². The molecule has 0 aliphatic carbocycles. The molecule has 0 bridgehead atoms. The minimum Gasteiger partial charge on any atom is -0.506 e. The number of carbonyl (C=O) groups is 2. The van der Waals surface area contributed by atoms with Crippen LogP contribution in [0.25, 0.3) is 0 Å². The number of aryl methyl sites for hydroxylation is 1. The highest BCUT2D eigenvalue weighted by molar-refractivity contribution is 6.06. The maximum absolute atomic E-state index is 13.0. The minimum atomic E-state index is -0.326. The Morgan fingerprint density at radius 3 is 2.32 bits per heavy atom. The molecule has 1 amide bonds. The van der Waals surface area contributed by atoms with E-state index < -0.39 is 0 Å². The van der Waals surface area contributed by atoms with E-state index in [4.69, 9.17) is 0 Å². The molecule has 176 valence electrons. The predicted octanol–water partition coefficient (Wildman–Crippen LogP) is 4.52. The Morgan fingerprint density at radius 1 is 0.882 bits per heavy atom. The number of nitrogens with zero attached hydrogens (tertiary/aromatic N) is 2. The number of phenolic OH excluding ortho intramolecular Hbond substituents is 1. The summed E-state index contributed by atoms with van der Waals surface area (Å²) in [5.41, 5.74) is 4.11. The van der Waals surface area contributed by atoms with Crippen molar-refractivity contribution in [1.29, 1.82) is 0 Å². The van der Waals surface area contributed by atoms with Crippen LogP contribution in [0.1, 0.15) is 38.3 Å². The van der Waals surface area contributed by atoms with Crippen LogP contribution in [0.5, 0.6) is 5.75 Å². The van der Waals surface area contributed by atoms with Crippen molar-refractivity contribution in [3.63, 3.8) is 0 Å². The molecule has 0 atom stereocenters. The molecule has 1 fully saturated rings. The fourth-order valence-corrected chi connectivity index (χ4v) is 4.21. The Bertz CT molecular complexity index is 1160. The van der Waals surface area contributed by atoms with Crippen LogP contribution in [0.3, 0.4) is 0 Å². The van der Waals surface area contributed by atoms with Gasteiger partial charge in [0.05, 0.1) is 5.69 Å². The van der Waals surface area contributed by atoms with Gasteiger partial charge < -0.3 is 20.2 Å². The molecule has 0 unspecified atom stereocenters. The number of rotatable bonds is 6. The minimum absolute atomic E-state index is 0.0622. The van der Waals surface area contributed by atoms with Crippen molar-refractivity contribution in [3.8, 4) is 5.75 Å². The topological polar surface area (TPSA) is 72.9 Å². The van der Waals surface area contributed by atoms with Gasteiger partial charge in [-0.1, -0.05) is 42.0 Å². The number of ketones is 1. The lowest BCUT2D eigenvalue weighted by molar-refractivity contribution is 0.0989. The molecule has 0 aromatic heterocycles. The van der Waals surface area contributed by atoms with Crippen LogP contribution in [0.4, 0.5) is 11.4 Å². The summed E-state index contributed by atoms with van der Waals surface area (Å²) in [5, 5.41) is 13.2. The Balaban J connectivity index is 1.47. The zero-order valence-electron chi connectivity index (χ0n) is 19.8. The normalized spacial score (nSPS) is 14.5. The number of likely N-dealkylation sites (N-methyl/N-ethyl adjacent to an activating group) is 1. The van der Waals surface area contributed by atoms with Gasteiger partial charge in [-0.3, -0.25) is 9.59 Å². The van der Waals surface area contributed by atoms with Crippen molar-refractivity contribution in [2.24, 2.45) is 0 Å². The van der Waals surface area contributed by atoms with E-state index >= 15 is 0 Å². The van der Waals surface area contributed by atoms with E-state index in [-0.39, 0.29) is 29.5 Å². The summed E-state index contributed by atoms with van der Waals surface area (Å²) in [6.45, 7) is 6.02. The van der Waals surface area contributed by atoms with Gasteiger partial charge in [0.2, 0.25) is 0 Å². The van der Waals surface area contributed by atoms with Gasteiger partial charge >= 0.3 is 0 Å². The molecule has 1 saturated heterocycles. The van der Waals surface area contributed by atoms with Gasteiger partial charge in [-0.15, -0.1) is 0 Å². The number of phenols is 1. The van der Waals surface area contributed by atoms with Gasteiger partial charge in [0.25, 0.3) is 5.91 Å². The molecular formula is C28H31N3O3. The second-order valence-corrected chi connectivity index (χ2v) is 8.92. The average Bonchev–Trinajstić information content (AvgIpc) is 3.06. The van der Waals surface area contributed by atoms with Crippen molar-refractivity contribution in [2.45, 2.75) is 19.8 Å². The first-order valence-electron chi connectivity index (χ1n) is 11.7. The molecule has 6 heteroatoms. The molecule has 3 aromatic rings. The monoisotopic (exact) mass is 457 g/mol. The highest BCUT2D eigenvalue weighted by atomic mass is 16.3. The molecular weight excluding hydrogens is 426 g/mol. The van der Waals surface area contributed by atoms with Crippen molar-refractivity contribution >= 4 is 23.1 Å². The van der Waals surface area contributed by atoms with Crippen LogP contribution in [0.15, 0.2) is 66.7 Å². The number of anilines is 2. The highest BCUT2D eigenvalue weighted by Gasteiger charge is 2.17. The van der Waals surface area contributed by atoms with Gasteiger partial charge in [-0.05, 0) is 62.8 Å². The Labute approximate surface area is 200 Å². The number of hydrogen-bond donors (Lipinski definition) is 2. The molecule has 6 nitrogen and oxygen atoms in total. The second kappa shape index (κ2) is 10.5. The maximum atomic E-state index is 13.0. The van der Waals surface area contributed by atoms with E-state index in [1.54, 1.807) is 36.4 Å². The molecule has 34 heavy (non-hydrogen) atoms. The number of hydrogen-bond acceptors (Lipinski definition) is 5. The quantitative estimate of drug-likeness (QED) is 0.421. The maximum Gasteiger partial charge on any atom is 0.255 e. The fourth-order valence-electron chi connectivity index (χ4n) is 4.21. The highest BCUT2D eigenvalue weighted by Crippen LogP contribution is 2.29. The molecule has 0 spiro atoms. The third kappa shape index (κ3) is 5.64. The van der Waals surface area contributed by atoms with Crippen molar-refractivity contribution in [2.75, 3.05) is 43.4 Å². The van der Waals surface area contributed by atoms with E-state index in [0.29, 0.717) is 16.7 Å². The van der Waals surface area contributed by atoms with Crippen molar-refractivity contribution in [1.82, 2.24) is 4.90 Å². The van der Waals surface area contributed by atoms with E-state index in [1.807, 2.05) is 31.2 Å². The molecule has 3 aromatic carbocycles. The fraction of sp³-hybridized carbons (Fsp3) is 0.286. The van der Waals surface area contributed by atoms with Gasteiger partial charge in [0.1, 0.15) is 5.75 Å². The summed E-state index contributed by atoms with van der Waals surface area (Å²) in [4.78, 5) is 30.4. The third-order valence-electron chi connectivity index (χ3n) is 6.31. The van der Waals surface area contributed by atoms with Crippen LogP contribution in [-0.2, 0) is 6.42 Å². The lowest BCUT2D eigenvalue weighted by Gasteiger charge is -2.23. The zero-order chi connectivity index (χ0) is 24.1. The lowest BCUT2D eigenvalue weighted by Crippen LogP contribution is -2.28. The standard InChI is InChI=1S/C28H31N3O3/c1-20-7-9-21(10-8-20)26(33)19-23-5-3-6-25(32)27(23)29-28(34)22-11-13-24(14-12-22)31-16-4-15-30(2)17-18-31/h3,5-14,32H,4,15-19H2,1-2H3,(H,29,34). The molecule has 4 rings (SSSR count). The lowest BCUT2D eigenvalue weighted by atomic mass is 10.00. The number of Topliss-reactive ketones (excluding diaryl/α,β-unsaturated/α-hetero) is 1. The number of carbonyl (C=O) groups excluding carboxylic acids is 2. The van der Waals surface area contributed by atoms with Gasteiger partial charge in [-0.2, -0.15) is 0 Å². The summed E-state index contributed by atoms with van der Waals surface area (Å²) in [7, 11) is 2.14. The third-order valence-corrected chi connectivity index (χ3v) is 6.31. The first-order chi connectivity index (χ1) is 16.4. The average molecular weight is 458 g/mol. The summed E-state index contributed by atoms with van der Waals surface area (Å²) in [6.07, 6.45) is 1.19. The van der Waals surface area contributed by atoms with Gasteiger partial charge in [0.15, 0.2) is 5.78 Å². The predicted molar refractivity (Wildman–Crippen MR) is 136 cm³/mol.